The summed E-state index contributed by atoms with van der Waals surface area (Å²) in [6.07, 6.45) is 0. The predicted octanol–water partition coefficient (Wildman–Crippen LogP) is 3.04. The highest BCUT2D eigenvalue weighted by Gasteiger charge is 2.13. The molecule has 1 N–H and O–H groups in total. The summed E-state index contributed by atoms with van der Waals surface area (Å²) in [5, 5.41) is 10.4. The number of aryl methyl sites for hydroxylation is 1. The second kappa shape index (κ2) is 4.78. The van der Waals surface area contributed by atoms with Gasteiger partial charge in [0.1, 0.15) is 5.01 Å². The Bertz CT molecular complexity index is 604. The molecule has 0 unspecified atom stereocenters. The fourth-order valence-corrected chi connectivity index (χ4v) is 2.63. The smallest absolute Gasteiger partial charge is 0.171 e. The first-order valence-electron chi connectivity index (χ1n) is 5.38. The van der Waals surface area contributed by atoms with Crippen LogP contribution in [0.1, 0.15) is 22.3 Å². The van der Waals surface area contributed by atoms with Crippen LogP contribution >= 0.6 is 11.3 Å². The van der Waals surface area contributed by atoms with Crippen molar-refractivity contribution >= 4 is 17.1 Å². The fraction of sp³-hybridized carbons (Fsp3) is 0.231. The van der Waals surface area contributed by atoms with Crippen molar-refractivity contribution in [1.29, 1.82) is 0 Å². The lowest BCUT2D eigenvalue weighted by Gasteiger charge is -2.03. The van der Waals surface area contributed by atoms with Gasteiger partial charge < -0.3 is 9.84 Å². The minimum Gasteiger partial charge on any atom is -0.504 e. The Morgan fingerprint density at radius 1 is 1.44 bits per heavy atom. The van der Waals surface area contributed by atoms with Crippen LogP contribution in [0.3, 0.4) is 0 Å². The molecular weight excluding hydrogens is 250 g/mol. The number of phenols is 1. The number of ketones is 1. The van der Waals surface area contributed by atoms with E-state index in [9.17, 15) is 9.90 Å². The summed E-state index contributed by atoms with van der Waals surface area (Å²) in [5.41, 5.74) is 1.49. The van der Waals surface area contributed by atoms with Crippen molar-refractivity contribution in [1.82, 2.24) is 4.98 Å². The summed E-state index contributed by atoms with van der Waals surface area (Å²) >= 11 is 1.33. The molecule has 0 amide bonds. The van der Waals surface area contributed by atoms with Crippen LogP contribution in [0.15, 0.2) is 18.2 Å². The molecule has 0 saturated carbocycles. The summed E-state index contributed by atoms with van der Waals surface area (Å²) in [6.45, 7) is 3.33. The van der Waals surface area contributed by atoms with E-state index in [-0.39, 0.29) is 11.5 Å². The average molecular weight is 263 g/mol. The molecule has 18 heavy (non-hydrogen) atoms. The fourth-order valence-electron chi connectivity index (χ4n) is 1.67. The van der Waals surface area contributed by atoms with Gasteiger partial charge in [0.05, 0.1) is 17.7 Å². The molecule has 0 radical (unpaired) electrons. The number of hydrogen-bond acceptors (Lipinski definition) is 5. The standard InChI is InChI=1S/C13H13NO3S/c1-7-12(8(2)15)18-13(14-7)9-4-5-11(17-3)10(16)6-9/h4-6,16H,1-3H3. The number of nitrogens with zero attached hydrogens (tertiary/aromatic N) is 1. The van der Waals surface area contributed by atoms with Crippen LogP contribution in [0, 0.1) is 6.92 Å². The molecule has 0 bridgehead atoms. The maximum absolute atomic E-state index is 11.4. The van der Waals surface area contributed by atoms with Gasteiger partial charge >= 0.3 is 0 Å². The van der Waals surface area contributed by atoms with Gasteiger partial charge in [-0.3, -0.25) is 4.79 Å². The van der Waals surface area contributed by atoms with E-state index in [4.69, 9.17) is 4.74 Å². The van der Waals surface area contributed by atoms with Crippen LogP contribution < -0.4 is 4.74 Å². The molecule has 5 heteroatoms. The molecule has 0 fully saturated rings. The third-order valence-corrected chi connectivity index (χ3v) is 3.85. The number of thiazole rings is 1. The minimum atomic E-state index is 0.00832. The molecule has 2 aromatic rings. The van der Waals surface area contributed by atoms with Crippen molar-refractivity contribution in [2.45, 2.75) is 13.8 Å². The SMILES string of the molecule is COc1ccc(-c2nc(C)c(C(C)=O)s2)cc1O. The van der Waals surface area contributed by atoms with Gasteiger partial charge in [-0.1, -0.05) is 0 Å². The Morgan fingerprint density at radius 3 is 2.67 bits per heavy atom. The average Bonchev–Trinajstić information content (AvgIpc) is 2.71. The monoisotopic (exact) mass is 263 g/mol. The number of carbonyl (C=O) groups is 1. The predicted molar refractivity (Wildman–Crippen MR) is 70.5 cm³/mol. The van der Waals surface area contributed by atoms with Crippen LogP contribution in [0.2, 0.25) is 0 Å². The number of aromatic hydroxyl groups is 1. The van der Waals surface area contributed by atoms with Gasteiger partial charge in [0.2, 0.25) is 0 Å². The third kappa shape index (κ3) is 2.22. The number of Topliss-reactive ketones (excluding diaryl/α,β-unsaturated/α-hetero) is 1. The molecule has 1 aromatic heterocycles. The molecule has 0 saturated heterocycles. The topological polar surface area (TPSA) is 59.4 Å². The van der Waals surface area contributed by atoms with Gasteiger partial charge in [-0.15, -0.1) is 11.3 Å². The van der Waals surface area contributed by atoms with Gasteiger partial charge in [-0.25, -0.2) is 4.98 Å². The summed E-state index contributed by atoms with van der Waals surface area (Å²) in [6, 6.07) is 5.07. The zero-order valence-corrected chi connectivity index (χ0v) is 11.2. The quantitative estimate of drug-likeness (QED) is 0.865. The number of rotatable bonds is 3. The largest absolute Gasteiger partial charge is 0.504 e. The molecule has 1 heterocycles. The molecule has 0 atom stereocenters. The second-order valence-electron chi connectivity index (χ2n) is 3.88. The number of methoxy groups -OCH3 is 1. The number of aromatic nitrogens is 1. The van der Waals surface area contributed by atoms with E-state index >= 15 is 0 Å². The van der Waals surface area contributed by atoms with Crippen molar-refractivity contribution in [3.05, 3.63) is 28.8 Å². The zero-order valence-electron chi connectivity index (χ0n) is 10.4. The highest BCUT2D eigenvalue weighted by molar-refractivity contribution is 7.17. The number of carbonyl (C=O) groups excluding carboxylic acids is 1. The summed E-state index contributed by atoms with van der Waals surface area (Å²) in [5.74, 6) is 0.486. The normalized spacial score (nSPS) is 10.4. The lowest BCUT2D eigenvalue weighted by molar-refractivity contribution is 0.102. The molecule has 94 valence electrons. The Morgan fingerprint density at radius 2 is 2.17 bits per heavy atom. The molecule has 4 nitrogen and oxygen atoms in total. The first kappa shape index (κ1) is 12.6. The molecule has 1 aromatic carbocycles. The van der Waals surface area contributed by atoms with Crippen LogP contribution in [0.25, 0.3) is 10.6 Å². The molecule has 0 aliphatic rings. The number of phenolic OH excluding ortho intramolecular Hbond substituents is 1. The van der Waals surface area contributed by atoms with E-state index < -0.39 is 0 Å². The Hall–Kier alpha value is -1.88. The molecule has 2 rings (SSSR count). The van der Waals surface area contributed by atoms with Gasteiger partial charge in [-0.05, 0) is 25.1 Å². The molecule has 0 aliphatic heterocycles. The Balaban J connectivity index is 2.46. The Kier molecular flexibility index (Phi) is 3.34. The van der Waals surface area contributed by atoms with Crippen molar-refractivity contribution in [2.75, 3.05) is 7.11 Å². The van der Waals surface area contributed by atoms with Crippen LogP contribution in [-0.4, -0.2) is 23.0 Å². The lowest BCUT2D eigenvalue weighted by Crippen LogP contribution is -1.89. The van der Waals surface area contributed by atoms with Crippen molar-refractivity contribution in [2.24, 2.45) is 0 Å². The van der Waals surface area contributed by atoms with E-state index in [1.165, 1.54) is 25.4 Å². The van der Waals surface area contributed by atoms with Crippen LogP contribution in [0.5, 0.6) is 11.5 Å². The Labute approximate surface area is 109 Å². The van der Waals surface area contributed by atoms with E-state index in [1.54, 1.807) is 25.1 Å². The van der Waals surface area contributed by atoms with Gasteiger partial charge in [0, 0.05) is 12.5 Å². The lowest BCUT2D eigenvalue weighted by atomic mass is 10.2. The van der Waals surface area contributed by atoms with E-state index in [1.807, 2.05) is 0 Å². The minimum absolute atomic E-state index is 0.00832. The number of benzene rings is 1. The van der Waals surface area contributed by atoms with Crippen molar-refractivity contribution < 1.29 is 14.6 Å². The summed E-state index contributed by atoms with van der Waals surface area (Å²) in [7, 11) is 1.50. The van der Waals surface area contributed by atoms with Crippen molar-refractivity contribution in [3.8, 4) is 22.1 Å². The zero-order chi connectivity index (χ0) is 13.3. The van der Waals surface area contributed by atoms with Crippen molar-refractivity contribution in [3.63, 3.8) is 0 Å². The first-order chi connectivity index (χ1) is 8.52. The van der Waals surface area contributed by atoms with Gasteiger partial charge in [-0.2, -0.15) is 0 Å². The number of ether oxygens (including phenoxy) is 1. The van der Waals surface area contributed by atoms with Crippen LogP contribution in [0.4, 0.5) is 0 Å². The summed E-state index contributed by atoms with van der Waals surface area (Å²) in [4.78, 5) is 16.4. The highest BCUT2D eigenvalue weighted by atomic mass is 32.1. The second-order valence-corrected chi connectivity index (χ2v) is 4.88. The third-order valence-electron chi connectivity index (χ3n) is 2.54. The van der Waals surface area contributed by atoms with Gasteiger partial charge in [0.15, 0.2) is 17.3 Å². The van der Waals surface area contributed by atoms with E-state index in [0.717, 1.165) is 16.3 Å². The van der Waals surface area contributed by atoms with Crippen LogP contribution in [-0.2, 0) is 0 Å². The van der Waals surface area contributed by atoms with E-state index in [2.05, 4.69) is 4.98 Å². The maximum Gasteiger partial charge on any atom is 0.171 e. The number of hydrogen-bond donors (Lipinski definition) is 1. The van der Waals surface area contributed by atoms with E-state index in [0.29, 0.717) is 10.6 Å². The van der Waals surface area contributed by atoms with Gasteiger partial charge in [0.25, 0.3) is 0 Å². The first-order valence-corrected chi connectivity index (χ1v) is 6.20. The molecule has 0 aliphatic carbocycles. The maximum atomic E-state index is 11.4. The molecular formula is C13H13NO3S. The highest BCUT2D eigenvalue weighted by Crippen LogP contribution is 2.34. The summed E-state index contributed by atoms with van der Waals surface area (Å²) < 4.78 is 4.98. The molecule has 0 spiro atoms.